The average Bonchev–Trinajstić information content (AvgIpc) is 2.47. The third kappa shape index (κ3) is 4.47. The molecule has 0 bridgehead atoms. The van der Waals surface area contributed by atoms with Crippen molar-refractivity contribution in [2.75, 3.05) is 33.3 Å². The zero-order valence-corrected chi connectivity index (χ0v) is 12.3. The van der Waals surface area contributed by atoms with E-state index in [1.807, 2.05) is 24.3 Å². The van der Waals surface area contributed by atoms with E-state index in [1.165, 1.54) is 12.8 Å². The number of piperidine rings is 1. The van der Waals surface area contributed by atoms with E-state index in [0.717, 1.165) is 31.0 Å². The molecule has 1 aromatic carbocycles. The van der Waals surface area contributed by atoms with E-state index in [4.69, 9.17) is 10.5 Å². The highest BCUT2D eigenvalue weighted by molar-refractivity contribution is 5.29. The fourth-order valence-corrected chi connectivity index (χ4v) is 2.58. The topological polar surface area (TPSA) is 58.7 Å². The summed E-state index contributed by atoms with van der Waals surface area (Å²) in [6.45, 7) is 3.57. The fraction of sp³-hybridized carbons (Fsp3) is 0.625. The first-order valence-electron chi connectivity index (χ1n) is 7.48. The van der Waals surface area contributed by atoms with Crippen molar-refractivity contribution in [2.45, 2.75) is 25.4 Å². The molecule has 1 unspecified atom stereocenters. The average molecular weight is 278 g/mol. The first-order valence-corrected chi connectivity index (χ1v) is 7.48. The summed E-state index contributed by atoms with van der Waals surface area (Å²) in [4.78, 5) is 2.36. The van der Waals surface area contributed by atoms with Crippen LogP contribution in [0.1, 0.15) is 30.9 Å². The molecule has 1 aromatic rings. The first kappa shape index (κ1) is 15.3. The second kappa shape index (κ2) is 7.62. The van der Waals surface area contributed by atoms with Crippen LogP contribution >= 0.6 is 0 Å². The molecule has 0 saturated carbocycles. The zero-order chi connectivity index (χ0) is 14.4. The number of benzene rings is 1. The molecule has 1 atom stereocenters. The molecule has 20 heavy (non-hydrogen) atoms. The minimum atomic E-state index is -0.494. The van der Waals surface area contributed by atoms with E-state index in [-0.39, 0.29) is 0 Å². The van der Waals surface area contributed by atoms with Crippen molar-refractivity contribution in [1.82, 2.24) is 4.90 Å². The molecule has 4 nitrogen and oxygen atoms in total. The van der Waals surface area contributed by atoms with Gasteiger partial charge in [0.25, 0.3) is 0 Å². The number of nitrogens with two attached hydrogens (primary N) is 1. The Bertz CT molecular complexity index is 403. The van der Waals surface area contributed by atoms with Crippen LogP contribution in [0.3, 0.4) is 0 Å². The quantitative estimate of drug-likeness (QED) is 0.833. The van der Waals surface area contributed by atoms with Crippen molar-refractivity contribution < 1.29 is 9.84 Å². The number of hydrogen-bond donors (Lipinski definition) is 2. The Morgan fingerprint density at radius 2 is 2.15 bits per heavy atom. The van der Waals surface area contributed by atoms with Gasteiger partial charge in [0.2, 0.25) is 0 Å². The van der Waals surface area contributed by atoms with Crippen LogP contribution in [0.4, 0.5) is 0 Å². The molecule has 1 fully saturated rings. The highest BCUT2D eigenvalue weighted by Gasteiger charge is 2.17. The standard InChI is InChI=1S/C16H26N2O2/c1-18-9-6-13(7-10-18)12-20-15-4-2-3-14(11-15)16(19)5-8-17/h2-4,11,13,16,19H,5-10,12,17H2,1H3. The van der Waals surface area contributed by atoms with Gasteiger partial charge in [-0.1, -0.05) is 12.1 Å². The molecule has 1 saturated heterocycles. The Labute approximate surface area is 121 Å². The van der Waals surface area contributed by atoms with E-state index in [9.17, 15) is 5.11 Å². The molecule has 112 valence electrons. The number of rotatable bonds is 6. The van der Waals surface area contributed by atoms with E-state index in [0.29, 0.717) is 18.9 Å². The maximum Gasteiger partial charge on any atom is 0.119 e. The van der Waals surface area contributed by atoms with E-state index < -0.39 is 6.10 Å². The number of aliphatic hydroxyl groups excluding tert-OH is 1. The smallest absolute Gasteiger partial charge is 0.119 e. The van der Waals surface area contributed by atoms with Crippen molar-refractivity contribution in [3.63, 3.8) is 0 Å². The van der Waals surface area contributed by atoms with E-state index in [2.05, 4.69) is 11.9 Å². The van der Waals surface area contributed by atoms with Crippen LogP contribution in [0.2, 0.25) is 0 Å². The molecule has 0 amide bonds. The van der Waals surface area contributed by atoms with Crippen LogP contribution < -0.4 is 10.5 Å². The Morgan fingerprint density at radius 1 is 1.40 bits per heavy atom. The monoisotopic (exact) mass is 278 g/mol. The van der Waals surface area contributed by atoms with E-state index >= 15 is 0 Å². The second-order valence-corrected chi connectivity index (χ2v) is 5.72. The predicted octanol–water partition coefficient (Wildman–Crippen LogP) is 1.79. The van der Waals surface area contributed by atoms with Crippen molar-refractivity contribution in [3.8, 4) is 5.75 Å². The van der Waals surface area contributed by atoms with Gasteiger partial charge in [-0.15, -0.1) is 0 Å². The van der Waals surface area contributed by atoms with Crippen LogP contribution in [0.15, 0.2) is 24.3 Å². The normalized spacial score (nSPS) is 18.9. The van der Waals surface area contributed by atoms with Gasteiger partial charge in [-0.3, -0.25) is 0 Å². The summed E-state index contributed by atoms with van der Waals surface area (Å²) in [6, 6.07) is 7.73. The lowest BCUT2D eigenvalue weighted by Gasteiger charge is -2.28. The molecule has 3 N–H and O–H groups in total. The maximum atomic E-state index is 9.95. The highest BCUT2D eigenvalue weighted by Crippen LogP contribution is 2.23. The lowest BCUT2D eigenvalue weighted by atomic mass is 9.98. The molecule has 0 radical (unpaired) electrons. The molecule has 1 aliphatic heterocycles. The van der Waals surface area contributed by atoms with Crippen LogP contribution in [-0.2, 0) is 0 Å². The largest absolute Gasteiger partial charge is 0.493 e. The second-order valence-electron chi connectivity index (χ2n) is 5.72. The number of ether oxygens (including phenoxy) is 1. The SMILES string of the molecule is CN1CCC(COc2cccc(C(O)CCN)c2)CC1. The summed E-state index contributed by atoms with van der Waals surface area (Å²) < 4.78 is 5.89. The molecule has 2 rings (SSSR count). The van der Waals surface area contributed by atoms with Gasteiger partial charge in [-0.25, -0.2) is 0 Å². The summed E-state index contributed by atoms with van der Waals surface area (Å²) in [5.74, 6) is 1.49. The van der Waals surface area contributed by atoms with Crippen molar-refractivity contribution in [3.05, 3.63) is 29.8 Å². The Balaban J connectivity index is 1.85. The summed E-state index contributed by atoms with van der Waals surface area (Å²) in [5, 5.41) is 9.95. The van der Waals surface area contributed by atoms with Gasteiger partial charge >= 0.3 is 0 Å². The number of nitrogens with zero attached hydrogens (tertiary/aromatic N) is 1. The molecule has 1 aliphatic rings. The number of likely N-dealkylation sites (tertiary alicyclic amines) is 1. The van der Waals surface area contributed by atoms with Gasteiger partial charge in [0.05, 0.1) is 12.7 Å². The number of aliphatic hydroxyl groups is 1. The van der Waals surface area contributed by atoms with Crippen molar-refractivity contribution >= 4 is 0 Å². The highest BCUT2D eigenvalue weighted by atomic mass is 16.5. The lowest BCUT2D eigenvalue weighted by molar-refractivity contribution is 0.157. The summed E-state index contributed by atoms with van der Waals surface area (Å²) in [5.41, 5.74) is 6.36. The van der Waals surface area contributed by atoms with Gasteiger partial charge in [-0.2, -0.15) is 0 Å². The summed E-state index contributed by atoms with van der Waals surface area (Å²) in [7, 11) is 2.17. The fourth-order valence-electron chi connectivity index (χ4n) is 2.58. The molecule has 0 spiro atoms. The van der Waals surface area contributed by atoms with Gasteiger partial charge in [0, 0.05) is 0 Å². The molecular weight excluding hydrogens is 252 g/mol. The third-order valence-corrected chi connectivity index (χ3v) is 4.01. The molecular formula is C16H26N2O2. The molecule has 1 heterocycles. The van der Waals surface area contributed by atoms with Crippen LogP contribution in [0.5, 0.6) is 5.75 Å². The van der Waals surface area contributed by atoms with Crippen molar-refractivity contribution in [1.29, 1.82) is 0 Å². The van der Waals surface area contributed by atoms with Gasteiger partial charge < -0.3 is 20.5 Å². The number of hydrogen-bond acceptors (Lipinski definition) is 4. The minimum Gasteiger partial charge on any atom is -0.493 e. The zero-order valence-electron chi connectivity index (χ0n) is 12.3. The predicted molar refractivity (Wildman–Crippen MR) is 80.8 cm³/mol. The summed E-state index contributed by atoms with van der Waals surface area (Å²) >= 11 is 0. The third-order valence-electron chi connectivity index (χ3n) is 4.01. The molecule has 0 aromatic heterocycles. The van der Waals surface area contributed by atoms with Crippen LogP contribution in [-0.4, -0.2) is 43.3 Å². The molecule has 0 aliphatic carbocycles. The van der Waals surface area contributed by atoms with E-state index in [1.54, 1.807) is 0 Å². The Hall–Kier alpha value is -1.10. The van der Waals surface area contributed by atoms with Crippen LogP contribution in [0.25, 0.3) is 0 Å². The van der Waals surface area contributed by atoms with Gasteiger partial charge in [0.1, 0.15) is 5.75 Å². The Kier molecular flexibility index (Phi) is 5.83. The van der Waals surface area contributed by atoms with Gasteiger partial charge in [0.15, 0.2) is 0 Å². The summed E-state index contributed by atoms with van der Waals surface area (Å²) in [6.07, 6.45) is 2.49. The van der Waals surface area contributed by atoms with Crippen molar-refractivity contribution in [2.24, 2.45) is 11.7 Å². The Morgan fingerprint density at radius 3 is 2.85 bits per heavy atom. The molecule has 4 heteroatoms. The minimum absolute atomic E-state index is 0.488. The maximum absolute atomic E-state index is 9.95. The first-order chi connectivity index (χ1) is 9.69. The van der Waals surface area contributed by atoms with Crippen LogP contribution in [0, 0.1) is 5.92 Å². The van der Waals surface area contributed by atoms with Gasteiger partial charge in [-0.05, 0) is 69.6 Å². The lowest BCUT2D eigenvalue weighted by Crippen LogP contribution is -2.32.